The van der Waals surface area contributed by atoms with Crippen LogP contribution in [0.1, 0.15) is 16.8 Å². The fraction of sp³-hybridized carbons (Fsp3) is 0.727. The number of aromatic nitrogens is 3. The van der Waals surface area contributed by atoms with Gasteiger partial charge in [-0.1, -0.05) is 0 Å². The summed E-state index contributed by atoms with van der Waals surface area (Å²) in [6.45, 7) is 0.191. The van der Waals surface area contributed by atoms with E-state index >= 15 is 0 Å². The van der Waals surface area contributed by atoms with Crippen molar-refractivity contribution in [1.29, 1.82) is 0 Å². The maximum atomic E-state index is 11.0. The molecule has 1 aliphatic heterocycles. The van der Waals surface area contributed by atoms with Crippen molar-refractivity contribution in [2.75, 3.05) is 26.9 Å². The average molecular weight is 302 g/mol. The van der Waals surface area contributed by atoms with Gasteiger partial charge in [-0.3, -0.25) is 4.79 Å². The van der Waals surface area contributed by atoms with Gasteiger partial charge in [0, 0.05) is 7.11 Å². The summed E-state index contributed by atoms with van der Waals surface area (Å²) < 4.78 is 17.1. The Hall–Kier alpha value is -1.59. The second kappa shape index (κ2) is 6.91. The summed E-state index contributed by atoms with van der Waals surface area (Å²) >= 11 is 0. The molecule has 10 nitrogen and oxygen atoms in total. The lowest BCUT2D eigenvalue weighted by atomic mass is 10.1. The van der Waals surface area contributed by atoms with Crippen LogP contribution in [0.3, 0.4) is 0 Å². The van der Waals surface area contributed by atoms with Crippen LogP contribution in [0, 0.1) is 0 Å². The molecule has 10 heteroatoms. The third kappa shape index (κ3) is 3.36. The van der Waals surface area contributed by atoms with Crippen molar-refractivity contribution in [3.63, 3.8) is 0 Å². The highest BCUT2D eigenvalue weighted by Gasteiger charge is 2.45. The zero-order valence-electron chi connectivity index (χ0n) is 11.5. The van der Waals surface area contributed by atoms with Crippen molar-refractivity contribution < 1.29 is 29.2 Å². The zero-order valence-corrected chi connectivity index (χ0v) is 11.5. The van der Waals surface area contributed by atoms with E-state index in [1.54, 1.807) is 0 Å². The minimum Gasteiger partial charge on any atom is -0.394 e. The van der Waals surface area contributed by atoms with E-state index in [0.717, 1.165) is 0 Å². The molecule has 0 aromatic carbocycles. The molecule has 0 saturated carbocycles. The molecule has 2 heterocycles. The van der Waals surface area contributed by atoms with Gasteiger partial charge < -0.3 is 30.2 Å². The fourth-order valence-corrected chi connectivity index (χ4v) is 2.04. The van der Waals surface area contributed by atoms with E-state index in [0.29, 0.717) is 6.61 Å². The highest BCUT2D eigenvalue weighted by Crippen LogP contribution is 2.31. The van der Waals surface area contributed by atoms with Crippen molar-refractivity contribution in [3.8, 4) is 0 Å². The molecule has 1 unspecified atom stereocenters. The van der Waals surface area contributed by atoms with Crippen LogP contribution in [0.25, 0.3) is 0 Å². The summed E-state index contributed by atoms with van der Waals surface area (Å²) in [7, 11) is 1.52. The molecule has 118 valence electrons. The van der Waals surface area contributed by atoms with Gasteiger partial charge in [-0.25, -0.2) is 9.67 Å². The summed E-state index contributed by atoms with van der Waals surface area (Å²) in [5, 5.41) is 23.2. The number of nitrogens with zero attached hydrogens (tertiary/aromatic N) is 3. The fourth-order valence-electron chi connectivity index (χ4n) is 2.04. The van der Waals surface area contributed by atoms with Gasteiger partial charge in [0.15, 0.2) is 6.23 Å². The lowest BCUT2D eigenvalue weighted by Gasteiger charge is -2.20. The Morgan fingerprint density at radius 2 is 2.33 bits per heavy atom. The van der Waals surface area contributed by atoms with E-state index in [1.165, 1.54) is 18.1 Å². The first kappa shape index (κ1) is 15.8. The number of hydrogen-bond acceptors (Lipinski definition) is 8. The smallest absolute Gasteiger partial charge is 0.288 e. The Morgan fingerprint density at radius 3 is 2.90 bits per heavy atom. The highest BCUT2D eigenvalue weighted by atomic mass is 16.6. The number of rotatable bonds is 7. The minimum absolute atomic E-state index is 0.170. The summed E-state index contributed by atoms with van der Waals surface area (Å²) in [6, 6.07) is 0. The van der Waals surface area contributed by atoms with E-state index < -0.39 is 30.4 Å². The van der Waals surface area contributed by atoms with Crippen molar-refractivity contribution in [3.05, 3.63) is 12.2 Å². The summed E-state index contributed by atoms with van der Waals surface area (Å²) in [5.41, 5.74) is 5.08. The summed E-state index contributed by atoms with van der Waals surface area (Å²) in [4.78, 5) is 14.8. The first-order valence-corrected chi connectivity index (χ1v) is 6.34. The number of nitrogens with two attached hydrogens (primary N) is 1. The number of methoxy groups -OCH3 is 1. The first-order chi connectivity index (χ1) is 10.1. The van der Waals surface area contributed by atoms with Crippen LogP contribution in [-0.4, -0.2) is 76.1 Å². The Morgan fingerprint density at radius 1 is 1.57 bits per heavy atom. The molecule has 1 fully saturated rings. The topological polar surface area (TPSA) is 142 Å². The van der Waals surface area contributed by atoms with Gasteiger partial charge in [-0.2, -0.15) is 0 Å². The number of aliphatic hydroxyl groups excluding tert-OH is 2. The second-order valence-electron chi connectivity index (χ2n) is 4.48. The van der Waals surface area contributed by atoms with Gasteiger partial charge in [0.05, 0.1) is 19.8 Å². The van der Waals surface area contributed by atoms with Gasteiger partial charge in [0.25, 0.3) is 5.91 Å². The monoisotopic (exact) mass is 302 g/mol. The molecule has 0 bridgehead atoms. The van der Waals surface area contributed by atoms with Crippen molar-refractivity contribution in [2.24, 2.45) is 5.73 Å². The van der Waals surface area contributed by atoms with Crippen LogP contribution < -0.4 is 5.73 Å². The number of carbonyl (C=O) groups is 1. The number of carbonyl (C=O) groups excluding carboxylic acids is 1. The third-order valence-electron chi connectivity index (χ3n) is 3.08. The van der Waals surface area contributed by atoms with Gasteiger partial charge in [0.1, 0.15) is 24.6 Å². The van der Waals surface area contributed by atoms with Crippen LogP contribution in [0.4, 0.5) is 0 Å². The standard InChI is InChI=1S/C11H18N4O6/c1-19-2-3-20-8-7(17)6(4-16)21-11(8)15-5-13-10(14-15)9(12)18/h5-8,11,16-17H,2-4H2,1H3,(H2,12,18)/t6-,7+,8?,11-/m1/s1. The van der Waals surface area contributed by atoms with E-state index in [1.807, 2.05) is 0 Å². The number of hydrogen-bond donors (Lipinski definition) is 3. The SMILES string of the molecule is COCCOC1[C@@H](O)[C@@H](CO)O[C@H]1n1cnc(C(N)=O)n1. The molecule has 21 heavy (non-hydrogen) atoms. The highest BCUT2D eigenvalue weighted by molar-refractivity contribution is 5.88. The number of amides is 1. The summed E-state index contributed by atoms with van der Waals surface area (Å²) in [6.07, 6.45) is -2.21. The van der Waals surface area contributed by atoms with Gasteiger partial charge in [-0.05, 0) is 0 Å². The van der Waals surface area contributed by atoms with Crippen LogP contribution in [0.2, 0.25) is 0 Å². The van der Waals surface area contributed by atoms with E-state index in [4.69, 9.17) is 19.9 Å². The molecule has 4 N–H and O–H groups in total. The average Bonchev–Trinajstić information content (AvgIpc) is 3.05. The normalized spacial score (nSPS) is 28.9. The van der Waals surface area contributed by atoms with Crippen molar-refractivity contribution >= 4 is 5.91 Å². The van der Waals surface area contributed by atoms with E-state index in [2.05, 4.69) is 10.1 Å². The number of ether oxygens (including phenoxy) is 3. The van der Waals surface area contributed by atoms with Crippen LogP contribution in [0.5, 0.6) is 0 Å². The Labute approximate surface area is 120 Å². The second-order valence-corrected chi connectivity index (χ2v) is 4.48. The maximum Gasteiger partial charge on any atom is 0.288 e. The molecule has 1 amide bonds. The molecule has 0 spiro atoms. The first-order valence-electron chi connectivity index (χ1n) is 6.34. The lowest BCUT2D eigenvalue weighted by molar-refractivity contribution is -0.0852. The molecular weight excluding hydrogens is 284 g/mol. The van der Waals surface area contributed by atoms with Crippen LogP contribution in [-0.2, 0) is 14.2 Å². The third-order valence-corrected chi connectivity index (χ3v) is 3.08. The predicted molar refractivity (Wildman–Crippen MR) is 67.2 cm³/mol. The minimum atomic E-state index is -1.04. The Bertz CT molecular complexity index is 481. The number of primary amides is 1. The number of aliphatic hydroxyl groups is 2. The van der Waals surface area contributed by atoms with Crippen molar-refractivity contribution in [2.45, 2.75) is 24.5 Å². The lowest BCUT2D eigenvalue weighted by Crippen LogP contribution is -2.36. The molecule has 1 aromatic rings. The molecule has 1 aromatic heterocycles. The molecule has 1 saturated heterocycles. The molecule has 2 rings (SSSR count). The molecule has 0 aliphatic carbocycles. The summed E-state index contributed by atoms with van der Waals surface area (Å²) in [5.74, 6) is -0.945. The molecule has 0 radical (unpaired) electrons. The Balaban J connectivity index is 2.14. The van der Waals surface area contributed by atoms with Crippen LogP contribution in [0.15, 0.2) is 6.33 Å². The molecule has 1 aliphatic rings. The van der Waals surface area contributed by atoms with Gasteiger partial charge >= 0.3 is 0 Å². The predicted octanol–water partition coefficient (Wildman–Crippen LogP) is -2.34. The molecular formula is C11H18N4O6. The maximum absolute atomic E-state index is 11.0. The Kier molecular flexibility index (Phi) is 5.20. The van der Waals surface area contributed by atoms with E-state index in [-0.39, 0.29) is 19.0 Å². The van der Waals surface area contributed by atoms with Crippen LogP contribution >= 0.6 is 0 Å². The van der Waals surface area contributed by atoms with Gasteiger partial charge in [-0.15, -0.1) is 5.10 Å². The molecule has 4 atom stereocenters. The van der Waals surface area contributed by atoms with Gasteiger partial charge in [0.2, 0.25) is 5.82 Å². The largest absolute Gasteiger partial charge is 0.394 e. The van der Waals surface area contributed by atoms with E-state index in [9.17, 15) is 15.0 Å². The van der Waals surface area contributed by atoms with Crippen molar-refractivity contribution in [1.82, 2.24) is 14.8 Å². The zero-order chi connectivity index (χ0) is 15.4. The quantitative estimate of drug-likeness (QED) is 0.476.